The van der Waals surface area contributed by atoms with Gasteiger partial charge in [-0.2, -0.15) is 0 Å². The lowest BCUT2D eigenvalue weighted by molar-refractivity contribution is 0.318. The van der Waals surface area contributed by atoms with Crippen LogP contribution < -0.4 is 10.5 Å². The molecule has 0 amide bonds. The average molecular weight is 273 g/mol. The van der Waals surface area contributed by atoms with Crippen molar-refractivity contribution in [2.45, 2.75) is 24.0 Å². The molecule has 0 saturated carbocycles. The van der Waals surface area contributed by atoms with E-state index in [0.29, 0.717) is 12.3 Å². The molecular weight excluding hydrogens is 254 g/mol. The van der Waals surface area contributed by atoms with Crippen molar-refractivity contribution < 1.29 is 4.74 Å². The van der Waals surface area contributed by atoms with Crippen LogP contribution >= 0.6 is 11.8 Å². The summed E-state index contributed by atoms with van der Waals surface area (Å²) in [5, 5.41) is 0. The van der Waals surface area contributed by atoms with Crippen LogP contribution in [0.15, 0.2) is 53.4 Å². The summed E-state index contributed by atoms with van der Waals surface area (Å²) in [6.07, 6.45) is 0.987. The maximum atomic E-state index is 5.90. The minimum Gasteiger partial charge on any atom is -0.491 e. The Labute approximate surface area is 119 Å². The van der Waals surface area contributed by atoms with Crippen molar-refractivity contribution in [2.24, 2.45) is 0 Å². The Morgan fingerprint density at radius 2 is 1.89 bits per heavy atom. The van der Waals surface area contributed by atoms with Gasteiger partial charge in [-0.25, -0.2) is 0 Å². The molecule has 2 aromatic rings. The largest absolute Gasteiger partial charge is 0.491 e. The van der Waals surface area contributed by atoms with E-state index in [1.165, 1.54) is 10.5 Å². The van der Waals surface area contributed by atoms with Gasteiger partial charge in [-0.05, 0) is 30.2 Å². The van der Waals surface area contributed by atoms with Crippen LogP contribution in [0.2, 0.25) is 0 Å². The monoisotopic (exact) mass is 273 g/mol. The SMILES string of the molecule is CCCOc1cc(SCc2ccccc2)ccc1N. The fraction of sp³-hybridized carbons (Fsp3) is 0.250. The zero-order valence-electron chi connectivity index (χ0n) is 11.1. The van der Waals surface area contributed by atoms with E-state index in [9.17, 15) is 0 Å². The average Bonchev–Trinajstić information content (AvgIpc) is 2.46. The number of rotatable bonds is 6. The Morgan fingerprint density at radius 1 is 1.11 bits per heavy atom. The summed E-state index contributed by atoms with van der Waals surface area (Å²) in [6, 6.07) is 16.4. The Morgan fingerprint density at radius 3 is 2.63 bits per heavy atom. The Balaban J connectivity index is 2.00. The first-order valence-corrected chi connectivity index (χ1v) is 7.47. The van der Waals surface area contributed by atoms with Gasteiger partial charge >= 0.3 is 0 Å². The van der Waals surface area contributed by atoms with Crippen molar-refractivity contribution in [3.63, 3.8) is 0 Å². The van der Waals surface area contributed by atoms with Gasteiger partial charge in [-0.15, -0.1) is 11.8 Å². The first-order valence-electron chi connectivity index (χ1n) is 6.48. The fourth-order valence-corrected chi connectivity index (χ4v) is 2.56. The zero-order valence-corrected chi connectivity index (χ0v) is 12.0. The molecule has 100 valence electrons. The lowest BCUT2D eigenvalue weighted by Crippen LogP contribution is -1.99. The molecule has 2 rings (SSSR count). The van der Waals surface area contributed by atoms with Crippen molar-refractivity contribution in [3.8, 4) is 5.75 Å². The van der Waals surface area contributed by atoms with Crippen LogP contribution in [0.4, 0.5) is 5.69 Å². The van der Waals surface area contributed by atoms with E-state index in [1.54, 1.807) is 11.8 Å². The number of nitrogens with two attached hydrogens (primary N) is 1. The van der Waals surface area contributed by atoms with Crippen LogP contribution in [0.25, 0.3) is 0 Å². The molecule has 0 aromatic heterocycles. The topological polar surface area (TPSA) is 35.2 Å². The van der Waals surface area contributed by atoms with Crippen LogP contribution in [0.5, 0.6) is 5.75 Å². The second kappa shape index (κ2) is 7.10. The van der Waals surface area contributed by atoms with E-state index in [-0.39, 0.29) is 0 Å². The number of hydrogen-bond acceptors (Lipinski definition) is 3. The maximum absolute atomic E-state index is 5.90. The molecule has 0 atom stereocenters. The summed E-state index contributed by atoms with van der Waals surface area (Å²) in [5.41, 5.74) is 7.93. The quantitative estimate of drug-likeness (QED) is 0.627. The van der Waals surface area contributed by atoms with Gasteiger partial charge in [0.05, 0.1) is 12.3 Å². The van der Waals surface area contributed by atoms with Crippen LogP contribution in [0.1, 0.15) is 18.9 Å². The fourth-order valence-electron chi connectivity index (χ4n) is 1.68. The third kappa shape index (κ3) is 4.21. The summed E-state index contributed by atoms with van der Waals surface area (Å²) < 4.78 is 5.64. The molecular formula is C16H19NOS. The van der Waals surface area contributed by atoms with E-state index in [4.69, 9.17) is 10.5 Å². The number of ether oxygens (including phenoxy) is 1. The molecule has 0 unspecified atom stereocenters. The molecule has 2 aromatic carbocycles. The summed E-state index contributed by atoms with van der Waals surface area (Å²) in [6.45, 7) is 2.79. The van der Waals surface area contributed by atoms with Crippen LogP contribution in [0.3, 0.4) is 0 Å². The van der Waals surface area contributed by atoms with Crippen LogP contribution in [-0.4, -0.2) is 6.61 Å². The third-order valence-corrected chi connectivity index (χ3v) is 3.76. The summed E-state index contributed by atoms with van der Waals surface area (Å²) in [5.74, 6) is 1.75. The van der Waals surface area contributed by atoms with Crippen molar-refractivity contribution in [3.05, 3.63) is 54.1 Å². The number of nitrogen functional groups attached to an aromatic ring is 1. The van der Waals surface area contributed by atoms with E-state index in [2.05, 4.69) is 31.2 Å². The normalized spacial score (nSPS) is 10.4. The molecule has 0 radical (unpaired) electrons. The highest BCUT2D eigenvalue weighted by molar-refractivity contribution is 7.98. The molecule has 0 fully saturated rings. The molecule has 0 saturated heterocycles. The summed E-state index contributed by atoms with van der Waals surface area (Å²) >= 11 is 1.79. The lowest BCUT2D eigenvalue weighted by atomic mass is 10.2. The maximum Gasteiger partial charge on any atom is 0.143 e. The number of benzene rings is 2. The predicted octanol–water partition coefficient (Wildman–Crippen LogP) is 4.35. The van der Waals surface area contributed by atoms with E-state index in [0.717, 1.165) is 17.9 Å². The van der Waals surface area contributed by atoms with Crippen LogP contribution in [-0.2, 0) is 5.75 Å². The molecule has 2 nitrogen and oxygen atoms in total. The van der Waals surface area contributed by atoms with Gasteiger partial charge in [0.15, 0.2) is 0 Å². The molecule has 2 N–H and O–H groups in total. The Hall–Kier alpha value is -1.61. The zero-order chi connectivity index (χ0) is 13.5. The van der Waals surface area contributed by atoms with Gasteiger partial charge in [0.2, 0.25) is 0 Å². The highest BCUT2D eigenvalue weighted by atomic mass is 32.2. The molecule has 0 bridgehead atoms. The van der Waals surface area contributed by atoms with Crippen molar-refractivity contribution in [1.29, 1.82) is 0 Å². The molecule has 0 aliphatic heterocycles. The predicted molar refractivity (Wildman–Crippen MR) is 82.6 cm³/mol. The van der Waals surface area contributed by atoms with Gasteiger partial charge in [-0.1, -0.05) is 37.3 Å². The second-order valence-corrected chi connectivity index (χ2v) is 5.37. The van der Waals surface area contributed by atoms with Crippen LogP contribution in [0, 0.1) is 0 Å². The number of anilines is 1. The van der Waals surface area contributed by atoms with E-state index >= 15 is 0 Å². The van der Waals surface area contributed by atoms with Crippen molar-refractivity contribution >= 4 is 17.4 Å². The van der Waals surface area contributed by atoms with E-state index < -0.39 is 0 Å². The highest BCUT2D eigenvalue weighted by Crippen LogP contribution is 2.30. The van der Waals surface area contributed by atoms with Gasteiger partial charge in [0.1, 0.15) is 5.75 Å². The standard InChI is InChI=1S/C16H19NOS/c1-2-10-18-16-11-14(8-9-15(16)17)19-12-13-6-4-3-5-7-13/h3-9,11H,2,10,12,17H2,1H3. The number of thioether (sulfide) groups is 1. The van der Waals surface area contributed by atoms with Crippen molar-refractivity contribution in [1.82, 2.24) is 0 Å². The first-order chi connectivity index (χ1) is 9.29. The highest BCUT2D eigenvalue weighted by Gasteiger charge is 2.03. The summed E-state index contributed by atoms with van der Waals surface area (Å²) in [4.78, 5) is 1.18. The number of hydrogen-bond donors (Lipinski definition) is 1. The van der Waals surface area contributed by atoms with Gasteiger partial charge < -0.3 is 10.5 Å². The Bertz CT molecular complexity index is 513. The smallest absolute Gasteiger partial charge is 0.143 e. The second-order valence-electron chi connectivity index (χ2n) is 4.32. The van der Waals surface area contributed by atoms with Crippen molar-refractivity contribution in [2.75, 3.05) is 12.3 Å². The molecule has 3 heteroatoms. The molecule has 0 aliphatic rings. The molecule has 0 spiro atoms. The van der Waals surface area contributed by atoms with Gasteiger partial charge in [0, 0.05) is 10.6 Å². The minimum atomic E-state index is 0.705. The minimum absolute atomic E-state index is 0.705. The third-order valence-electron chi connectivity index (χ3n) is 2.70. The molecule has 0 heterocycles. The van der Waals surface area contributed by atoms with E-state index in [1.807, 2.05) is 24.3 Å². The van der Waals surface area contributed by atoms with Gasteiger partial charge in [-0.3, -0.25) is 0 Å². The summed E-state index contributed by atoms with van der Waals surface area (Å²) in [7, 11) is 0. The molecule has 19 heavy (non-hydrogen) atoms. The molecule has 0 aliphatic carbocycles. The van der Waals surface area contributed by atoms with Gasteiger partial charge in [0.25, 0.3) is 0 Å². The first kappa shape index (κ1) is 13.8. The Kier molecular flexibility index (Phi) is 5.16. The lowest BCUT2D eigenvalue weighted by Gasteiger charge is -2.10.